The number of hydrogen-bond donors (Lipinski definition) is 2. The summed E-state index contributed by atoms with van der Waals surface area (Å²) in [6, 6.07) is 0. The lowest BCUT2D eigenvalue weighted by Crippen LogP contribution is -2.34. The topological polar surface area (TPSA) is 79.5 Å². The minimum atomic E-state index is -3.61. The van der Waals surface area contributed by atoms with E-state index in [9.17, 15) is 13.5 Å². The van der Waals surface area contributed by atoms with Crippen LogP contribution in [-0.4, -0.2) is 19.1 Å². The molecule has 1 aromatic heterocycles. The molecule has 0 atom stereocenters. The molecular formula is C11H17NO4S. The van der Waals surface area contributed by atoms with E-state index in [2.05, 4.69) is 4.72 Å². The van der Waals surface area contributed by atoms with Crippen LogP contribution in [0.2, 0.25) is 0 Å². The SMILES string of the molecule is Cc1oc(C)c(S(=O)(=O)NC2(C)CC2)c1CO. The van der Waals surface area contributed by atoms with E-state index >= 15 is 0 Å². The molecule has 0 amide bonds. The highest BCUT2D eigenvalue weighted by molar-refractivity contribution is 7.89. The summed E-state index contributed by atoms with van der Waals surface area (Å²) in [6.07, 6.45) is 1.69. The molecule has 6 heteroatoms. The Morgan fingerprint density at radius 1 is 1.35 bits per heavy atom. The van der Waals surface area contributed by atoms with Crippen LogP contribution < -0.4 is 4.72 Å². The van der Waals surface area contributed by atoms with E-state index in [-0.39, 0.29) is 17.0 Å². The van der Waals surface area contributed by atoms with Gasteiger partial charge >= 0.3 is 0 Å². The second-order valence-electron chi connectivity index (χ2n) is 4.85. The van der Waals surface area contributed by atoms with Gasteiger partial charge < -0.3 is 9.52 Å². The second-order valence-corrected chi connectivity index (χ2v) is 6.47. The molecule has 1 aromatic rings. The van der Waals surface area contributed by atoms with Gasteiger partial charge in [-0.15, -0.1) is 0 Å². The first-order valence-corrected chi connectivity index (χ1v) is 7.01. The van der Waals surface area contributed by atoms with Gasteiger partial charge in [-0.05, 0) is 33.6 Å². The summed E-state index contributed by atoms with van der Waals surface area (Å²) in [5.41, 5.74) is 0.0163. The molecule has 96 valence electrons. The lowest BCUT2D eigenvalue weighted by molar-refractivity contribution is 0.276. The summed E-state index contributed by atoms with van der Waals surface area (Å²) in [6.45, 7) is 4.77. The van der Waals surface area contributed by atoms with Gasteiger partial charge in [0, 0.05) is 11.1 Å². The summed E-state index contributed by atoms with van der Waals surface area (Å²) in [7, 11) is -3.61. The molecule has 0 saturated heterocycles. The van der Waals surface area contributed by atoms with Crippen molar-refractivity contribution in [1.82, 2.24) is 4.72 Å². The zero-order valence-corrected chi connectivity index (χ0v) is 11.0. The van der Waals surface area contributed by atoms with E-state index in [0.717, 1.165) is 12.8 Å². The lowest BCUT2D eigenvalue weighted by atomic mass is 10.2. The monoisotopic (exact) mass is 259 g/mol. The highest BCUT2D eigenvalue weighted by Gasteiger charge is 2.42. The summed E-state index contributed by atoms with van der Waals surface area (Å²) in [4.78, 5) is 0.0885. The van der Waals surface area contributed by atoms with Crippen LogP contribution in [0.3, 0.4) is 0 Å². The zero-order chi connectivity index (χ0) is 12.8. The summed E-state index contributed by atoms with van der Waals surface area (Å²) in [5, 5.41) is 9.24. The van der Waals surface area contributed by atoms with E-state index in [1.54, 1.807) is 13.8 Å². The van der Waals surface area contributed by atoms with Crippen molar-refractivity contribution in [2.75, 3.05) is 0 Å². The van der Waals surface area contributed by atoms with Crippen LogP contribution in [0.4, 0.5) is 0 Å². The number of hydrogen-bond acceptors (Lipinski definition) is 4. The predicted molar refractivity (Wildman–Crippen MR) is 62.1 cm³/mol. The Morgan fingerprint density at radius 2 is 1.94 bits per heavy atom. The van der Waals surface area contributed by atoms with E-state index in [4.69, 9.17) is 4.42 Å². The van der Waals surface area contributed by atoms with Gasteiger partial charge in [0.1, 0.15) is 16.4 Å². The largest absolute Gasteiger partial charge is 0.465 e. The quantitative estimate of drug-likeness (QED) is 0.852. The number of sulfonamides is 1. The molecule has 0 aliphatic heterocycles. The molecule has 2 N–H and O–H groups in total. The van der Waals surface area contributed by atoms with E-state index in [1.807, 2.05) is 6.92 Å². The summed E-state index contributed by atoms with van der Waals surface area (Å²) < 4.78 is 32.4. The Hall–Kier alpha value is -0.850. The Bertz CT molecular complexity index is 540. The van der Waals surface area contributed by atoms with Gasteiger partial charge in [-0.2, -0.15) is 0 Å². The van der Waals surface area contributed by atoms with Gasteiger partial charge in [-0.25, -0.2) is 13.1 Å². The average Bonchev–Trinajstić information content (AvgIpc) is 2.80. The van der Waals surface area contributed by atoms with Gasteiger partial charge in [0.2, 0.25) is 10.0 Å². The Morgan fingerprint density at radius 3 is 2.41 bits per heavy atom. The van der Waals surface area contributed by atoms with Crippen molar-refractivity contribution in [3.8, 4) is 0 Å². The third-order valence-corrected chi connectivity index (χ3v) is 4.97. The van der Waals surface area contributed by atoms with Crippen molar-refractivity contribution in [3.05, 3.63) is 17.1 Å². The molecule has 2 rings (SSSR count). The first kappa shape index (κ1) is 12.6. The number of aliphatic hydroxyl groups excluding tert-OH is 1. The molecule has 0 unspecified atom stereocenters. The van der Waals surface area contributed by atoms with E-state index in [1.165, 1.54) is 0 Å². The molecule has 5 nitrogen and oxygen atoms in total. The second kappa shape index (κ2) is 3.83. The van der Waals surface area contributed by atoms with Crippen LogP contribution >= 0.6 is 0 Å². The van der Waals surface area contributed by atoms with Crippen molar-refractivity contribution in [2.24, 2.45) is 0 Å². The minimum absolute atomic E-state index is 0.0885. The Balaban J connectivity index is 2.45. The maximum atomic E-state index is 12.2. The number of rotatable bonds is 4. The van der Waals surface area contributed by atoms with Crippen molar-refractivity contribution in [3.63, 3.8) is 0 Å². The predicted octanol–water partition coefficient (Wildman–Crippen LogP) is 1.22. The number of furan rings is 1. The Labute approximate surface area is 101 Å². The number of aliphatic hydroxyl groups is 1. The summed E-state index contributed by atoms with van der Waals surface area (Å²) in [5.74, 6) is 0.773. The molecule has 1 aliphatic rings. The van der Waals surface area contributed by atoms with Crippen molar-refractivity contribution >= 4 is 10.0 Å². The number of nitrogens with one attached hydrogen (secondary N) is 1. The highest BCUT2D eigenvalue weighted by Crippen LogP contribution is 2.37. The van der Waals surface area contributed by atoms with Gasteiger partial charge in [0.25, 0.3) is 0 Å². The van der Waals surface area contributed by atoms with Gasteiger partial charge in [0.15, 0.2) is 0 Å². The van der Waals surface area contributed by atoms with Crippen LogP contribution in [0.1, 0.15) is 36.8 Å². The molecule has 1 aliphatic carbocycles. The standard InChI is InChI=1S/C11H17NO4S/c1-7-9(6-13)10(8(2)16-7)17(14,15)12-11(3)4-5-11/h12-13H,4-6H2,1-3H3. The van der Waals surface area contributed by atoms with Crippen LogP contribution in [-0.2, 0) is 16.6 Å². The van der Waals surface area contributed by atoms with E-state index in [0.29, 0.717) is 17.1 Å². The first-order chi connectivity index (χ1) is 7.79. The minimum Gasteiger partial charge on any atom is -0.465 e. The molecule has 1 saturated carbocycles. The zero-order valence-electron chi connectivity index (χ0n) is 10.2. The van der Waals surface area contributed by atoms with Crippen LogP contribution in [0.25, 0.3) is 0 Å². The fraction of sp³-hybridized carbons (Fsp3) is 0.636. The molecule has 0 spiro atoms. The van der Waals surface area contributed by atoms with Gasteiger partial charge in [0.05, 0.1) is 6.61 Å². The van der Waals surface area contributed by atoms with Crippen molar-refractivity contribution in [1.29, 1.82) is 0 Å². The molecule has 0 aromatic carbocycles. The molecule has 17 heavy (non-hydrogen) atoms. The Kier molecular flexibility index (Phi) is 2.84. The first-order valence-electron chi connectivity index (χ1n) is 5.53. The molecule has 0 bridgehead atoms. The van der Waals surface area contributed by atoms with Crippen molar-refractivity contribution < 1.29 is 17.9 Å². The summed E-state index contributed by atoms with van der Waals surface area (Å²) >= 11 is 0. The maximum Gasteiger partial charge on any atom is 0.244 e. The third kappa shape index (κ3) is 2.25. The molecular weight excluding hydrogens is 242 g/mol. The normalized spacial score (nSPS) is 18.4. The third-order valence-electron chi connectivity index (χ3n) is 3.13. The lowest BCUT2D eigenvalue weighted by Gasteiger charge is -2.12. The van der Waals surface area contributed by atoms with Gasteiger partial charge in [-0.3, -0.25) is 0 Å². The van der Waals surface area contributed by atoms with Crippen LogP contribution in [0.5, 0.6) is 0 Å². The highest BCUT2D eigenvalue weighted by atomic mass is 32.2. The van der Waals surface area contributed by atoms with Crippen LogP contribution in [0.15, 0.2) is 9.31 Å². The fourth-order valence-corrected chi connectivity index (χ4v) is 3.82. The number of aryl methyl sites for hydroxylation is 2. The van der Waals surface area contributed by atoms with Crippen LogP contribution in [0, 0.1) is 13.8 Å². The maximum absolute atomic E-state index is 12.2. The smallest absolute Gasteiger partial charge is 0.244 e. The molecule has 1 fully saturated rings. The van der Waals surface area contributed by atoms with Gasteiger partial charge in [-0.1, -0.05) is 0 Å². The average molecular weight is 259 g/mol. The van der Waals surface area contributed by atoms with E-state index < -0.39 is 10.0 Å². The fourth-order valence-electron chi connectivity index (χ4n) is 1.91. The van der Waals surface area contributed by atoms with Crippen molar-refractivity contribution in [2.45, 2.75) is 50.7 Å². The molecule has 0 radical (unpaired) electrons. The molecule has 1 heterocycles.